The normalized spacial score (nSPS) is 12.7. The highest BCUT2D eigenvalue weighted by Crippen LogP contribution is 2.20. The van der Waals surface area contributed by atoms with Crippen LogP contribution >= 0.6 is 0 Å². The number of rotatable bonds is 4. The van der Waals surface area contributed by atoms with E-state index in [1.54, 1.807) is 7.05 Å². The van der Waals surface area contributed by atoms with E-state index < -0.39 is 17.7 Å². The molecule has 0 spiro atoms. The molecule has 1 aromatic carbocycles. The summed E-state index contributed by atoms with van der Waals surface area (Å²) in [5.41, 5.74) is 3.15. The molecule has 0 saturated heterocycles. The van der Waals surface area contributed by atoms with E-state index in [4.69, 9.17) is 5.84 Å². The molecular weight excluding hydrogens is 240 g/mol. The number of nitrogens with two attached hydrogens (primary N) is 1. The smallest absolute Gasteiger partial charge is 0.129 e. The third-order valence-corrected chi connectivity index (χ3v) is 2.78. The van der Waals surface area contributed by atoms with Crippen molar-refractivity contribution < 1.29 is 8.78 Å². The van der Waals surface area contributed by atoms with Gasteiger partial charge in [0.05, 0.1) is 17.9 Å². The van der Waals surface area contributed by atoms with Crippen molar-refractivity contribution in [3.8, 4) is 0 Å². The molecule has 2 rings (SSSR count). The van der Waals surface area contributed by atoms with Crippen molar-refractivity contribution in [3.05, 3.63) is 47.3 Å². The van der Waals surface area contributed by atoms with Gasteiger partial charge in [0.2, 0.25) is 0 Å². The SMILES string of the molecule is Cn1nncc1C(Cc1c(F)cccc1F)NN. The molecule has 0 saturated carbocycles. The first-order chi connectivity index (χ1) is 8.63. The highest BCUT2D eigenvalue weighted by atomic mass is 19.1. The number of hydrogen-bond donors (Lipinski definition) is 2. The second kappa shape index (κ2) is 5.19. The topological polar surface area (TPSA) is 68.8 Å². The molecule has 0 aliphatic carbocycles. The largest absolute Gasteiger partial charge is 0.271 e. The van der Waals surface area contributed by atoms with Gasteiger partial charge >= 0.3 is 0 Å². The summed E-state index contributed by atoms with van der Waals surface area (Å²) in [4.78, 5) is 0. The van der Waals surface area contributed by atoms with Gasteiger partial charge in [0.25, 0.3) is 0 Å². The van der Waals surface area contributed by atoms with Gasteiger partial charge in [0.15, 0.2) is 0 Å². The molecule has 18 heavy (non-hydrogen) atoms. The first-order valence-corrected chi connectivity index (χ1v) is 5.37. The van der Waals surface area contributed by atoms with E-state index in [0.717, 1.165) is 0 Å². The quantitative estimate of drug-likeness (QED) is 0.626. The maximum absolute atomic E-state index is 13.5. The maximum Gasteiger partial charge on any atom is 0.129 e. The summed E-state index contributed by atoms with van der Waals surface area (Å²) in [5.74, 6) is 4.23. The number of nitrogens with one attached hydrogen (secondary N) is 1. The third-order valence-electron chi connectivity index (χ3n) is 2.78. The molecule has 1 atom stereocenters. The monoisotopic (exact) mass is 253 g/mol. The molecule has 3 N–H and O–H groups in total. The van der Waals surface area contributed by atoms with E-state index in [1.807, 2.05) is 0 Å². The Balaban J connectivity index is 2.29. The van der Waals surface area contributed by atoms with Crippen LogP contribution in [0.25, 0.3) is 0 Å². The molecule has 0 bridgehead atoms. The lowest BCUT2D eigenvalue weighted by Gasteiger charge is -2.16. The van der Waals surface area contributed by atoms with Gasteiger partial charge < -0.3 is 0 Å². The Morgan fingerprint density at radius 1 is 1.39 bits per heavy atom. The van der Waals surface area contributed by atoms with Crippen LogP contribution in [0.2, 0.25) is 0 Å². The molecule has 0 aliphatic rings. The van der Waals surface area contributed by atoms with Gasteiger partial charge in [-0.15, -0.1) is 5.10 Å². The van der Waals surface area contributed by atoms with Crippen molar-refractivity contribution in [2.24, 2.45) is 12.9 Å². The summed E-state index contributed by atoms with van der Waals surface area (Å²) in [6.07, 6.45) is 1.58. The van der Waals surface area contributed by atoms with Crippen LogP contribution in [0.1, 0.15) is 17.3 Å². The zero-order chi connectivity index (χ0) is 13.1. The number of benzene rings is 1. The lowest BCUT2D eigenvalue weighted by molar-refractivity contribution is 0.476. The van der Waals surface area contributed by atoms with Crippen molar-refractivity contribution >= 4 is 0 Å². The Labute approximate surface area is 103 Å². The van der Waals surface area contributed by atoms with Crippen molar-refractivity contribution in [2.45, 2.75) is 12.5 Å². The second-order valence-electron chi connectivity index (χ2n) is 3.91. The number of halogens is 2. The van der Waals surface area contributed by atoms with Crippen LogP contribution in [0, 0.1) is 11.6 Å². The number of aryl methyl sites for hydroxylation is 1. The van der Waals surface area contributed by atoms with Crippen molar-refractivity contribution in [1.82, 2.24) is 20.4 Å². The predicted molar refractivity (Wildman–Crippen MR) is 61.1 cm³/mol. The highest BCUT2D eigenvalue weighted by molar-refractivity contribution is 5.22. The van der Waals surface area contributed by atoms with Crippen LogP contribution in [0.4, 0.5) is 8.78 Å². The first-order valence-electron chi connectivity index (χ1n) is 5.37. The fourth-order valence-electron chi connectivity index (χ4n) is 1.79. The van der Waals surface area contributed by atoms with Crippen molar-refractivity contribution in [1.29, 1.82) is 0 Å². The Hall–Kier alpha value is -1.86. The molecule has 0 fully saturated rings. The van der Waals surface area contributed by atoms with Crippen molar-refractivity contribution in [3.63, 3.8) is 0 Å². The van der Waals surface area contributed by atoms with Crippen LogP contribution in [-0.4, -0.2) is 15.0 Å². The zero-order valence-electron chi connectivity index (χ0n) is 9.77. The number of aromatic nitrogens is 3. The maximum atomic E-state index is 13.5. The Bertz CT molecular complexity index is 520. The van der Waals surface area contributed by atoms with Gasteiger partial charge in [-0.1, -0.05) is 11.3 Å². The molecule has 2 aromatic rings. The van der Waals surface area contributed by atoms with Crippen LogP contribution < -0.4 is 11.3 Å². The van der Waals surface area contributed by atoms with Gasteiger partial charge in [-0.3, -0.25) is 16.0 Å². The molecule has 1 aromatic heterocycles. The molecular formula is C11H13F2N5. The summed E-state index contributed by atoms with van der Waals surface area (Å²) in [5, 5.41) is 7.46. The van der Waals surface area contributed by atoms with E-state index in [-0.39, 0.29) is 12.0 Å². The Morgan fingerprint density at radius 2 is 2.06 bits per heavy atom. The van der Waals surface area contributed by atoms with Gasteiger partial charge in [-0.2, -0.15) is 0 Å². The third kappa shape index (κ3) is 2.36. The van der Waals surface area contributed by atoms with Crippen molar-refractivity contribution in [2.75, 3.05) is 0 Å². The number of hydrazine groups is 1. The minimum absolute atomic E-state index is 0.0124. The fraction of sp³-hybridized carbons (Fsp3) is 0.273. The number of hydrogen-bond acceptors (Lipinski definition) is 4. The van der Waals surface area contributed by atoms with Crippen LogP contribution in [0.15, 0.2) is 24.4 Å². The lowest BCUT2D eigenvalue weighted by Crippen LogP contribution is -2.31. The average molecular weight is 253 g/mol. The first kappa shape index (κ1) is 12.6. The molecule has 1 heterocycles. The second-order valence-corrected chi connectivity index (χ2v) is 3.91. The summed E-state index contributed by atoms with van der Waals surface area (Å²) < 4.78 is 28.6. The van der Waals surface area contributed by atoms with E-state index in [0.29, 0.717) is 5.69 Å². The molecule has 0 amide bonds. The lowest BCUT2D eigenvalue weighted by atomic mass is 10.0. The summed E-state index contributed by atoms with van der Waals surface area (Å²) in [6, 6.07) is 3.29. The number of nitrogens with zero attached hydrogens (tertiary/aromatic N) is 3. The zero-order valence-corrected chi connectivity index (χ0v) is 9.77. The standard InChI is InChI=1S/C11H13F2N5/c1-18-11(6-15-17-18)10(16-14)5-7-8(12)3-2-4-9(7)13/h2-4,6,10,16H,5,14H2,1H3. The van der Waals surface area contributed by atoms with Crippen LogP contribution in [0.3, 0.4) is 0 Å². The van der Waals surface area contributed by atoms with Crippen LogP contribution in [-0.2, 0) is 13.5 Å². The fourth-order valence-corrected chi connectivity index (χ4v) is 1.79. The van der Waals surface area contributed by atoms with E-state index >= 15 is 0 Å². The minimum Gasteiger partial charge on any atom is -0.271 e. The van der Waals surface area contributed by atoms with Gasteiger partial charge in [-0.05, 0) is 12.1 Å². The van der Waals surface area contributed by atoms with Gasteiger partial charge in [0, 0.05) is 19.0 Å². The molecule has 7 heteroatoms. The molecule has 0 radical (unpaired) electrons. The van der Waals surface area contributed by atoms with Gasteiger partial charge in [0.1, 0.15) is 11.6 Å². The van der Waals surface area contributed by atoms with Gasteiger partial charge in [-0.25, -0.2) is 8.78 Å². The van der Waals surface area contributed by atoms with E-state index in [1.165, 1.54) is 29.1 Å². The predicted octanol–water partition coefficient (Wildman–Crippen LogP) is 0.840. The summed E-state index contributed by atoms with van der Waals surface area (Å²) in [6.45, 7) is 0. The average Bonchev–Trinajstić information content (AvgIpc) is 2.76. The molecule has 1 unspecified atom stereocenters. The molecule has 0 aliphatic heterocycles. The summed E-state index contributed by atoms with van der Waals surface area (Å²) in [7, 11) is 1.68. The molecule has 5 nitrogen and oxygen atoms in total. The molecule has 96 valence electrons. The Kier molecular flexibility index (Phi) is 3.63. The van der Waals surface area contributed by atoms with E-state index in [2.05, 4.69) is 15.7 Å². The summed E-state index contributed by atoms with van der Waals surface area (Å²) >= 11 is 0. The minimum atomic E-state index is -0.592. The van der Waals surface area contributed by atoms with E-state index in [9.17, 15) is 8.78 Å². The highest BCUT2D eigenvalue weighted by Gasteiger charge is 2.19. The Morgan fingerprint density at radius 3 is 2.56 bits per heavy atom. The van der Waals surface area contributed by atoms with Crippen LogP contribution in [0.5, 0.6) is 0 Å².